The van der Waals surface area contributed by atoms with Crippen LogP contribution < -0.4 is 0 Å². The summed E-state index contributed by atoms with van der Waals surface area (Å²) in [4.78, 5) is 1.81. The van der Waals surface area contributed by atoms with Crippen LogP contribution in [-0.2, 0) is 0 Å². The monoisotopic (exact) mass is 133 g/mol. The molecule has 0 aromatic rings. The predicted octanol–water partition coefficient (Wildman–Crippen LogP) is 1.05. The third kappa shape index (κ3) is 2.30. The van der Waals surface area contributed by atoms with Gasteiger partial charge in [-0.1, -0.05) is 0 Å². The van der Waals surface area contributed by atoms with Gasteiger partial charge in [0, 0.05) is 6.44 Å². The van der Waals surface area contributed by atoms with Gasteiger partial charge in [-0.05, 0) is 25.9 Å². The topological polar surface area (TPSA) is 3.24 Å². The van der Waals surface area contributed by atoms with E-state index in [1.165, 1.54) is 0 Å². The Morgan fingerprint density at radius 1 is 1.22 bits per heavy atom. The van der Waals surface area contributed by atoms with Crippen LogP contribution in [0.2, 0.25) is 0 Å². The zero-order valence-electron chi connectivity index (χ0n) is 5.32. The zero-order valence-corrected chi connectivity index (χ0v) is 5.32. The molecular weight excluding hydrogens is 123 g/mol. The maximum atomic E-state index is 11.6. The molecule has 1 fully saturated rings. The minimum atomic E-state index is -2.15. The summed E-state index contributed by atoms with van der Waals surface area (Å²) in [7, 11) is -2.15. The molecule has 0 aromatic carbocycles. The van der Waals surface area contributed by atoms with E-state index in [1.54, 1.807) is 0 Å². The van der Waals surface area contributed by atoms with Crippen LogP contribution in [0.25, 0.3) is 0 Å². The smallest absolute Gasteiger partial charge is 0.305 e. The van der Waals surface area contributed by atoms with Gasteiger partial charge in [-0.2, -0.15) is 0 Å². The number of hydrogen-bond donors (Lipinski definition) is 0. The second-order valence-electron chi connectivity index (χ2n) is 2.40. The summed E-state index contributed by atoms with van der Waals surface area (Å²) < 4.78 is 23.3. The first-order valence-electron chi connectivity index (χ1n) is 3.29. The largest absolute Gasteiger partial charge is 0.551 e. The lowest BCUT2D eigenvalue weighted by atomic mass is 9.99. The molecule has 1 nitrogen and oxygen atoms in total. The maximum Gasteiger partial charge on any atom is 0.551 e. The Morgan fingerprint density at radius 3 is 2.22 bits per heavy atom. The molecule has 0 bridgehead atoms. The number of hydrogen-bond acceptors (Lipinski definition) is 1. The van der Waals surface area contributed by atoms with Crippen molar-refractivity contribution in [3.63, 3.8) is 0 Å². The SMILES string of the molecule is FB(F)CN1CCCC1. The van der Waals surface area contributed by atoms with E-state index in [1.807, 2.05) is 4.90 Å². The van der Waals surface area contributed by atoms with E-state index in [0.717, 1.165) is 25.9 Å². The molecule has 0 aromatic heterocycles. The minimum Gasteiger partial charge on any atom is -0.305 e. The van der Waals surface area contributed by atoms with Crippen LogP contribution in [0, 0.1) is 0 Å². The van der Waals surface area contributed by atoms with Crippen LogP contribution in [0.1, 0.15) is 12.8 Å². The Bertz CT molecular complexity index is 83.0. The van der Waals surface area contributed by atoms with Crippen molar-refractivity contribution in [3.8, 4) is 0 Å². The van der Waals surface area contributed by atoms with Crippen molar-refractivity contribution in [3.05, 3.63) is 0 Å². The Kier molecular flexibility index (Phi) is 2.45. The van der Waals surface area contributed by atoms with Crippen LogP contribution in [0.3, 0.4) is 0 Å². The summed E-state index contributed by atoms with van der Waals surface area (Å²) in [6.45, 7) is 1.73. The first kappa shape index (κ1) is 7.00. The van der Waals surface area contributed by atoms with Crippen molar-refractivity contribution in [2.45, 2.75) is 12.8 Å². The summed E-state index contributed by atoms with van der Waals surface area (Å²) >= 11 is 0. The molecule has 0 amide bonds. The molecule has 9 heavy (non-hydrogen) atoms. The van der Waals surface area contributed by atoms with Gasteiger partial charge in [0.2, 0.25) is 0 Å². The van der Waals surface area contributed by atoms with Crippen molar-refractivity contribution in [2.24, 2.45) is 0 Å². The highest BCUT2D eigenvalue weighted by molar-refractivity contribution is 6.42. The molecule has 52 valence electrons. The summed E-state index contributed by atoms with van der Waals surface area (Å²) in [5.74, 6) is 0. The highest BCUT2D eigenvalue weighted by atomic mass is 19.2. The third-order valence-corrected chi connectivity index (χ3v) is 1.59. The average Bonchev–Trinajstić information content (AvgIpc) is 2.15. The molecule has 0 N–H and O–H groups in total. The van der Waals surface area contributed by atoms with E-state index in [-0.39, 0.29) is 6.44 Å². The third-order valence-electron chi connectivity index (χ3n) is 1.59. The quantitative estimate of drug-likeness (QED) is 0.508. The van der Waals surface area contributed by atoms with Gasteiger partial charge >= 0.3 is 7.27 Å². The fourth-order valence-electron chi connectivity index (χ4n) is 1.16. The van der Waals surface area contributed by atoms with Crippen molar-refractivity contribution >= 4 is 7.27 Å². The van der Waals surface area contributed by atoms with Gasteiger partial charge in [0.1, 0.15) is 0 Å². The molecule has 1 aliphatic heterocycles. The molecule has 0 aliphatic carbocycles. The Hall–Kier alpha value is -0.115. The average molecular weight is 133 g/mol. The van der Waals surface area contributed by atoms with Crippen molar-refractivity contribution < 1.29 is 8.63 Å². The number of likely N-dealkylation sites (tertiary alicyclic amines) is 1. The van der Waals surface area contributed by atoms with Gasteiger partial charge in [-0.3, -0.25) is 8.63 Å². The Balaban J connectivity index is 2.11. The van der Waals surface area contributed by atoms with Gasteiger partial charge in [-0.15, -0.1) is 0 Å². The van der Waals surface area contributed by atoms with E-state index in [0.29, 0.717) is 0 Å². The van der Waals surface area contributed by atoms with Crippen molar-refractivity contribution in [1.82, 2.24) is 4.90 Å². The van der Waals surface area contributed by atoms with E-state index in [9.17, 15) is 8.63 Å². The van der Waals surface area contributed by atoms with Gasteiger partial charge in [0.25, 0.3) is 0 Å². The van der Waals surface area contributed by atoms with E-state index >= 15 is 0 Å². The molecule has 4 heteroatoms. The molecule has 1 saturated heterocycles. The molecule has 1 heterocycles. The molecule has 1 aliphatic rings. The summed E-state index contributed by atoms with van der Waals surface area (Å²) in [5.41, 5.74) is 0. The number of halogens is 2. The Labute approximate surface area is 54.2 Å². The summed E-state index contributed by atoms with van der Waals surface area (Å²) in [6.07, 6.45) is 2.15. The summed E-state index contributed by atoms with van der Waals surface area (Å²) in [5, 5.41) is 0. The lowest BCUT2D eigenvalue weighted by molar-refractivity contribution is 0.372. The van der Waals surface area contributed by atoms with E-state index in [4.69, 9.17) is 0 Å². The van der Waals surface area contributed by atoms with Crippen LogP contribution in [0.15, 0.2) is 0 Å². The zero-order chi connectivity index (χ0) is 6.69. The predicted molar refractivity (Wildman–Crippen MR) is 33.6 cm³/mol. The highest BCUT2D eigenvalue weighted by Crippen LogP contribution is 2.07. The molecule has 0 unspecified atom stereocenters. The molecule has 0 saturated carbocycles. The number of rotatable bonds is 2. The van der Waals surface area contributed by atoms with Gasteiger partial charge in [-0.25, -0.2) is 0 Å². The van der Waals surface area contributed by atoms with Crippen molar-refractivity contribution in [1.29, 1.82) is 0 Å². The van der Waals surface area contributed by atoms with Gasteiger partial charge < -0.3 is 4.90 Å². The second-order valence-corrected chi connectivity index (χ2v) is 2.40. The van der Waals surface area contributed by atoms with Crippen LogP contribution in [0.4, 0.5) is 8.63 Å². The number of nitrogens with zero attached hydrogens (tertiary/aromatic N) is 1. The van der Waals surface area contributed by atoms with E-state index in [2.05, 4.69) is 0 Å². The lowest BCUT2D eigenvalue weighted by Crippen LogP contribution is -2.27. The molecule has 0 radical (unpaired) electrons. The van der Waals surface area contributed by atoms with Crippen LogP contribution in [-0.4, -0.2) is 31.7 Å². The first-order chi connectivity index (χ1) is 4.29. The van der Waals surface area contributed by atoms with Crippen molar-refractivity contribution in [2.75, 3.05) is 19.5 Å². The molecule has 0 spiro atoms. The van der Waals surface area contributed by atoms with Gasteiger partial charge in [0.15, 0.2) is 0 Å². The second kappa shape index (κ2) is 3.15. The molecule has 1 rings (SSSR count). The van der Waals surface area contributed by atoms with Crippen LogP contribution in [0.5, 0.6) is 0 Å². The molecule has 0 atom stereocenters. The highest BCUT2D eigenvalue weighted by Gasteiger charge is 2.20. The molecular formula is C5H10BF2N. The standard InChI is InChI=1S/C5H10BF2N/c7-6(8)5-9-3-1-2-4-9/h1-5H2. The van der Waals surface area contributed by atoms with E-state index < -0.39 is 7.27 Å². The maximum absolute atomic E-state index is 11.6. The van der Waals surface area contributed by atoms with Gasteiger partial charge in [0.05, 0.1) is 0 Å². The minimum absolute atomic E-state index is 0.0278. The Morgan fingerprint density at radius 2 is 1.78 bits per heavy atom. The summed E-state index contributed by atoms with van der Waals surface area (Å²) in [6, 6.07) is 0. The fraction of sp³-hybridized carbons (Fsp3) is 1.00. The lowest BCUT2D eigenvalue weighted by Gasteiger charge is -2.10. The normalized spacial score (nSPS) is 20.7. The fourth-order valence-corrected chi connectivity index (χ4v) is 1.16. The first-order valence-corrected chi connectivity index (χ1v) is 3.29. The van der Waals surface area contributed by atoms with Crippen LogP contribution >= 0.6 is 0 Å².